The standard InChI is InChI=1S/C16H14F3N3O/c1-11-20-13-4-2-3-5-14(13)22(11)9-8-21-10-12(16(17,18)19)6-7-15(21)23/h2-7,10H,8-9H2,1H3. The summed E-state index contributed by atoms with van der Waals surface area (Å²) < 4.78 is 41.2. The van der Waals surface area contributed by atoms with Crippen molar-refractivity contribution in [3.63, 3.8) is 0 Å². The maximum absolute atomic E-state index is 12.8. The van der Waals surface area contributed by atoms with E-state index in [1.807, 2.05) is 35.8 Å². The third kappa shape index (κ3) is 2.99. The zero-order valence-electron chi connectivity index (χ0n) is 12.3. The molecular formula is C16H14F3N3O. The normalized spacial score (nSPS) is 12.0. The Kier molecular flexibility index (Phi) is 3.71. The average molecular weight is 321 g/mol. The Bertz CT molecular complexity index is 909. The monoisotopic (exact) mass is 321 g/mol. The van der Waals surface area contributed by atoms with Crippen LogP contribution in [0.15, 0.2) is 47.4 Å². The van der Waals surface area contributed by atoms with E-state index in [9.17, 15) is 18.0 Å². The molecule has 0 bridgehead atoms. The molecule has 0 fully saturated rings. The number of pyridine rings is 1. The molecule has 0 saturated carbocycles. The summed E-state index contributed by atoms with van der Waals surface area (Å²) in [6.07, 6.45) is -3.61. The average Bonchev–Trinajstić information content (AvgIpc) is 2.81. The van der Waals surface area contributed by atoms with Crippen LogP contribution in [0.3, 0.4) is 0 Å². The fraction of sp³-hybridized carbons (Fsp3) is 0.250. The molecule has 0 atom stereocenters. The van der Waals surface area contributed by atoms with Gasteiger partial charge in [0, 0.05) is 25.4 Å². The van der Waals surface area contributed by atoms with E-state index in [0.717, 1.165) is 39.8 Å². The van der Waals surface area contributed by atoms with E-state index in [1.165, 1.54) is 0 Å². The first-order chi connectivity index (χ1) is 10.9. The number of hydrogen-bond donors (Lipinski definition) is 0. The molecule has 3 aromatic rings. The number of aryl methyl sites for hydroxylation is 3. The van der Waals surface area contributed by atoms with Crippen molar-refractivity contribution in [3.05, 3.63) is 64.3 Å². The Morgan fingerprint density at radius 3 is 2.57 bits per heavy atom. The fourth-order valence-corrected chi connectivity index (χ4v) is 2.56. The van der Waals surface area contributed by atoms with Crippen molar-refractivity contribution in [2.24, 2.45) is 0 Å². The predicted molar refractivity (Wildman–Crippen MR) is 80.2 cm³/mol. The highest BCUT2D eigenvalue weighted by atomic mass is 19.4. The van der Waals surface area contributed by atoms with Gasteiger partial charge < -0.3 is 9.13 Å². The number of nitrogens with zero attached hydrogens (tertiary/aromatic N) is 3. The smallest absolute Gasteiger partial charge is 0.326 e. The first-order valence-electron chi connectivity index (χ1n) is 7.06. The van der Waals surface area contributed by atoms with E-state index in [1.54, 1.807) is 0 Å². The van der Waals surface area contributed by atoms with Crippen molar-refractivity contribution in [2.75, 3.05) is 0 Å². The topological polar surface area (TPSA) is 39.8 Å². The molecule has 4 nitrogen and oxygen atoms in total. The number of para-hydroxylation sites is 2. The predicted octanol–water partition coefficient (Wildman–Crippen LogP) is 3.23. The molecule has 7 heteroatoms. The van der Waals surface area contributed by atoms with E-state index in [0.29, 0.717) is 6.54 Å². The molecule has 0 radical (unpaired) electrons. The van der Waals surface area contributed by atoms with Crippen LogP contribution in [0.25, 0.3) is 11.0 Å². The summed E-state index contributed by atoms with van der Waals surface area (Å²) in [4.78, 5) is 16.2. The third-order valence-electron chi connectivity index (χ3n) is 3.72. The van der Waals surface area contributed by atoms with Gasteiger partial charge in [0.05, 0.1) is 16.6 Å². The van der Waals surface area contributed by atoms with Crippen LogP contribution in [0.1, 0.15) is 11.4 Å². The van der Waals surface area contributed by atoms with Crippen molar-refractivity contribution in [1.29, 1.82) is 0 Å². The van der Waals surface area contributed by atoms with E-state index in [2.05, 4.69) is 4.98 Å². The second kappa shape index (κ2) is 5.57. The van der Waals surface area contributed by atoms with Gasteiger partial charge in [-0.25, -0.2) is 4.98 Å². The first-order valence-corrected chi connectivity index (χ1v) is 7.06. The summed E-state index contributed by atoms with van der Waals surface area (Å²) in [6.45, 7) is 2.34. The van der Waals surface area contributed by atoms with Gasteiger partial charge in [0.25, 0.3) is 5.56 Å². The minimum absolute atomic E-state index is 0.143. The lowest BCUT2D eigenvalue weighted by atomic mass is 10.2. The molecule has 0 aliphatic heterocycles. The van der Waals surface area contributed by atoms with Crippen LogP contribution in [0.5, 0.6) is 0 Å². The molecule has 120 valence electrons. The van der Waals surface area contributed by atoms with E-state index in [4.69, 9.17) is 0 Å². The molecule has 0 aliphatic rings. The first kappa shape index (κ1) is 15.3. The van der Waals surface area contributed by atoms with Crippen molar-refractivity contribution < 1.29 is 13.2 Å². The third-order valence-corrected chi connectivity index (χ3v) is 3.72. The number of hydrogen-bond acceptors (Lipinski definition) is 2. The highest BCUT2D eigenvalue weighted by molar-refractivity contribution is 5.75. The molecule has 0 N–H and O–H groups in total. The van der Waals surface area contributed by atoms with Crippen LogP contribution in [0, 0.1) is 6.92 Å². The number of fused-ring (bicyclic) bond motifs is 1. The van der Waals surface area contributed by atoms with Gasteiger partial charge in [0.15, 0.2) is 0 Å². The second-order valence-corrected chi connectivity index (χ2v) is 5.25. The molecule has 1 aromatic carbocycles. The van der Waals surface area contributed by atoms with Crippen molar-refractivity contribution in [1.82, 2.24) is 14.1 Å². The molecule has 2 heterocycles. The molecule has 0 unspecified atom stereocenters. The summed E-state index contributed by atoms with van der Waals surface area (Å²) in [5.74, 6) is 0.756. The van der Waals surface area contributed by atoms with Gasteiger partial charge in [0.2, 0.25) is 0 Å². The van der Waals surface area contributed by atoms with Crippen molar-refractivity contribution >= 4 is 11.0 Å². The van der Waals surface area contributed by atoms with Gasteiger partial charge in [-0.1, -0.05) is 12.1 Å². The SMILES string of the molecule is Cc1nc2ccccc2n1CCn1cc(C(F)(F)F)ccc1=O. The Labute approximate surface area is 129 Å². The number of imidazole rings is 1. The molecule has 3 rings (SSSR count). The summed E-state index contributed by atoms with van der Waals surface area (Å²) in [7, 11) is 0. The van der Waals surface area contributed by atoms with Crippen LogP contribution in [-0.4, -0.2) is 14.1 Å². The van der Waals surface area contributed by atoms with Crippen LogP contribution < -0.4 is 5.56 Å². The zero-order valence-corrected chi connectivity index (χ0v) is 12.3. The highest BCUT2D eigenvalue weighted by Crippen LogP contribution is 2.28. The maximum Gasteiger partial charge on any atom is 0.417 e. The van der Waals surface area contributed by atoms with Crippen LogP contribution in [0.4, 0.5) is 13.2 Å². The lowest BCUT2D eigenvalue weighted by Gasteiger charge is -2.12. The molecule has 23 heavy (non-hydrogen) atoms. The van der Waals surface area contributed by atoms with Crippen LogP contribution >= 0.6 is 0 Å². The van der Waals surface area contributed by atoms with Crippen molar-refractivity contribution in [3.8, 4) is 0 Å². The summed E-state index contributed by atoms with van der Waals surface area (Å²) in [6, 6.07) is 9.25. The molecule has 0 aliphatic carbocycles. The molecule has 2 aromatic heterocycles. The van der Waals surface area contributed by atoms with E-state index in [-0.39, 0.29) is 6.54 Å². The Morgan fingerprint density at radius 1 is 1.09 bits per heavy atom. The van der Waals surface area contributed by atoms with Gasteiger partial charge in [-0.05, 0) is 25.1 Å². The molecular weight excluding hydrogens is 307 g/mol. The number of rotatable bonds is 3. The highest BCUT2D eigenvalue weighted by Gasteiger charge is 2.31. The van der Waals surface area contributed by atoms with Gasteiger partial charge in [-0.2, -0.15) is 13.2 Å². The molecule has 0 amide bonds. The summed E-state index contributed by atoms with van der Waals surface area (Å²) >= 11 is 0. The zero-order chi connectivity index (χ0) is 16.6. The molecule has 0 spiro atoms. The molecule has 0 saturated heterocycles. The summed E-state index contributed by atoms with van der Waals surface area (Å²) in [5, 5.41) is 0. The van der Waals surface area contributed by atoms with Crippen molar-refractivity contribution in [2.45, 2.75) is 26.2 Å². The number of halogens is 3. The Morgan fingerprint density at radius 2 is 1.83 bits per heavy atom. The lowest BCUT2D eigenvalue weighted by Crippen LogP contribution is -2.23. The van der Waals surface area contributed by atoms with Crippen LogP contribution in [-0.2, 0) is 19.3 Å². The quantitative estimate of drug-likeness (QED) is 0.743. The van der Waals surface area contributed by atoms with Crippen LogP contribution in [0.2, 0.25) is 0 Å². The Balaban J connectivity index is 1.91. The number of alkyl halides is 3. The minimum atomic E-state index is -4.47. The number of benzene rings is 1. The minimum Gasteiger partial charge on any atom is -0.326 e. The van der Waals surface area contributed by atoms with Gasteiger partial charge in [-0.3, -0.25) is 4.79 Å². The maximum atomic E-state index is 12.8. The van der Waals surface area contributed by atoms with Gasteiger partial charge in [0.1, 0.15) is 5.82 Å². The van der Waals surface area contributed by atoms with E-state index < -0.39 is 17.3 Å². The largest absolute Gasteiger partial charge is 0.417 e. The van der Waals surface area contributed by atoms with Gasteiger partial charge >= 0.3 is 6.18 Å². The number of aromatic nitrogens is 3. The fourth-order valence-electron chi connectivity index (χ4n) is 2.56. The Hall–Kier alpha value is -2.57. The van der Waals surface area contributed by atoms with E-state index >= 15 is 0 Å². The lowest BCUT2D eigenvalue weighted by molar-refractivity contribution is -0.138. The second-order valence-electron chi connectivity index (χ2n) is 5.25. The summed E-state index contributed by atoms with van der Waals surface area (Å²) in [5.41, 5.74) is 0.427. The van der Waals surface area contributed by atoms with Gasteiger partial charge in [-0.15, -0.1) is 0 Å².